The molecule has 5 aromatic rings. The van der Waals surface area contributed by atoms with Crippen LogP contribution in [0.3, 0.4) is 0 Å². The molecule has 0 unspecified atom stereocenters. The Hall–Kier alpha value is -4.17. The van der Waals surface area contributed by atoms with E-state index in [1.165, 1.54) is 17.6 Å². The van der Waals surface area contributed by atoms with Gasteiger partial charge in [0.1, 0.15) is 23.0 Å². The van der Waals surface area contributed by atoms with Gasteiger partial charge in [0.05, 0.1) is 16.8 Å². The highest BCUT2D eigenvalue weighted by Gasteiger charge is 2.19. The Morgan fingerprint density at radius 1 is 0.897 bits per heavy atom. The third kappa shape index (κ3) is 6.46. The molecule has 6 nitrogen and oxygen atoms in total. The lowest BCUT2D eigenvalue weighted by molar-refractivity contribution is 0.0739. The monoisotopic (exact) mass is 574 g/mol. The Bertz CT molecular complexity index is 1680. The average molecular weight is 575 g/mol. The minimum absolute atomic E-state index is 0.281. The van der Waals surface area contributed by atoms with Gasteiger partial charge < -0.3 is 9.47 Å². The number of amides is 1. The lowest BCUT2D eigenvalue weighted by Gasteiger charge is -2.10. The number of hydrogen-bond donors (Lipinski definition) is 1. The fourth-order valence-electron chi connectivity index (χ4n) is 3.70. The number of carbonyl (C=O) groups is 2. The molecule has 0 atom stereocenters. The molecule has 0 fully saturated rings. The molecule has 0 bridgehead atoms. The largest absolute Gasteiger partial charge is 0.488 e. The molecule has 1 heterocycles. The number of nitrogens with zero attached hydrogens (tertiary/aromatic N) is 1. The van der Waals surface area contributed by atoms with E-state index in [0.717, 1.165) is 15.6 Å². The number of fused-ring (bicyclic) bond motifs is 1. The van der Waals surface area contributed by atoms with E-state index >= 15 is 0 Å². The number of nitrogens with one attached hydrogen (secondary N) is 1. The number of hydrogen-bond acceptors (Lipinski definition) is 6. The van der Waals surface area contributed by atoms with Gasteiger partial charge in [-0.15, -0.1) is 11.3 Å². The number of carbonyl (C=O) groups excluding carboxylic acids is 2. The van der Waals surface area contributed by atoms with E-state index in [-0.39, 0.29) is 6.61 Å². The number of ether oxygens (including phenoxy) is 2. The summed E-state index contributed by atoms with van der Waals surface area (Å²) in [6.07, 6.45) is 1.46. The Kier molecular flexibility index (Phi) is 8.22. The van der Waals surface area contributed by atoms with Crippen molar-refractivity contribution < 1.29 is 19.1 Å². The average Bonchev–Trinajstić information content (AvgIpc) is 3.29. The molecule has 39 heavy (non-hydrogen) atoms. The maximum atomic E-state index is 12.8. The van der Waals surface area contributed by atoms with Gasteiger partial charge in [0.2, 0.25) is 0 Å². The zero-order chi connectivity index (χ0) is 27.2. The van der Waals surface area contributed by atoms with Gasteiger partial charge in [-0.3, -0.25) is 4.79 Å². The molecule has 4 aromatic carbocycles. The summed E-state index contributed by atoms with van der Waals surface area (Å²) in [6.45, 7) is 0.281. The van der Waals surface area contributed by atoms with Crippen LogP contribution in [0, 0.1) is 0 Å². The second-order valence-electron chi connectivity index (χ2n) is 8.31. The first kappa shape index (κ1) is 26.4. The van der Waals surface area contributed by atoms with Crippen molar-refractivity contribution >= 4 is 62.7 Å². The number of para-hydroxylation sites is 1. The van der Waals surface area contributed by atoms with E-state index in [1.54, 1.807) is 60.7 Å². The fraction of sp³-hybridized carbons (Fsp3) is 0.0333. The summed E-state index contributed by atoms with van der Waals surface area (Å²) in [5, 5.41) is 5.88. The molecule has 0 radical (unpaired) electrons. The third-order valence-corrected chi connectivity index (χ3v) is 7.52. The van der Waals surface area contributed by atoms with E-state index in [1.807, 2.05) is 36.4 Å². The van der Waals surface area contributed by atoms with Gasteiger partial charge in [-0.05, 0) is 53.6 Å². The number of benzene rings is 4. The maximum absolute atomic E-state index is 12.8. The summed E-state index contributed by atoms with van der Waals surface area (Å²) in [5.41, 5.74) is 4.39. The van der Waals surface area contributed by atoms with Gasteiger partial charge in [0.25, 0.3) is 5.91 Å². The van der Waals surface area contributed by atoms with Crippen LogP contribution in [0.1, 0.15) is 31.2 Å². The number of halogens is 2. The highest BCUT2D eigenvalue weighted by atomic mass is 35.5. The summed E-state index contributed by atoms with van der Waals surface area (Å²) in [5.74, 6) is -0.225. The summed E-state index contributed by atoms with van der Waals surface area (Å²) in [7, 11) is 0. The molecule has 0 saturated heterocycles. The molecular weight excluding hydrogens is 555 g/mol. The highest BCUT2D eigenvalue weighted by Crippen LogP contribution is 2.35. The standard InChI is InChI=1S/C30H20Cl2N2O4S/c31-21-14-12-19(13-15-21)18-37-25-10-3-1-8-23(25)29(35)34-33-17-20-6-5-7-22(16-20)38-30(36)28-27(32)24-9-2-4-11-26(24)39-28/h1-17H,18H2,(H,34,35)/b33-17+. The lowest BCUT2D eigenvalue weighted by Crippen LogP contribution is -2.18. The van der Waals surface area contributed by atoms with Crippen molar-refractivity contribution in [2.75, 3.05) is 0 Å². The van der Waals surface area contributed by atoms with Crippen molar-refractivity contribution in [1.82, 2.24) is 5.43 Å². The second-order valence-corrected chi connectivity index (χ2v) is 10.2. The van der Waals surface area contributed by atoms with Crippen molar-refractivity contribution in [1.29, 1.82) is 0 Å². The molecule has 1 N–H and O–H groups in total. The van der Waals surface area contributed by atoms with Crippen LogP contribution in [-0.2, 0) is 6.61 Å². The third-order valence-electron chi connectivity index (χ3n) is 5.61. The van der Waals surface area contributed by atoms with Crippen LogP contribution in [-0.4, -0.2) is 18.1 Å². The number of esters is 1. The zero-order valence-electron chi connectivity index (χ0n) is 20.3. The van der Waals surface area contributed by atoms with Crippen LogP contribution >= 0.6 is 34.5 Å². The molecule has 0 aliphatic rings. The quantitative estimate of drug-likeness (QED) is 0.0888. The van der Waals surface area contributed by atoms with Gasteiger partial charge in [-0.25, -0.2) is 10.2 Å². The van der Waals surface area contributed by atoms with Gasteiger partial charge in [-0.1, -0.05) is 77.8 Å². The Morgan fingerprint density at radius 2 is 1.67 bits per heavy atom. The van der Waals surface area contributed by atoms with Gasteiger partial charge in [-0.2, -0.15) is 5.10 Å². The summed E-state index contributed by atoms with van der Waals surface area (Å²) >= 11 is 13.6. The van der Waals surface area contributed by atoms with E-state index in [9.17, 15) is 9.59 Å². The smallest absolute Gasteiger partial charge is 0.355 e. The number of thiophene rings is 1. The van der Waals surface area contributed by atoms with Crippen LogP contribution in [0.15, 0.2) is 102 Å². The first-order chi connectivity index (χ1) is 19.0. The molecule has 5 rings (SSSR count). The number of hydrazone groups is 1. The normalized spacial score (nSPS) is 11.0. The van der Waals surface area contributed by atoms with Crippen molar-refractivity contribution in [2.24, 2.45) is 5.10 Å². The van der Waals surface area contributed by atoms with Crippen molar-refractivity contribution in [3.05, 3.63) is 129 Å². The molecular formula is C30H20Cl2N2O4S. The number of rotatable bonds is 8. The van der Waals surface area contributed by atoms with E-state index < -0.39 is 11.9 Å². The molecule has 0 spiro atoms. The Balaban J connectivity index is 1.22. The Labute approximate surface area is 238 Å². The van der Waals surface area contributed by atoms with Gasteiger partial charge in [0.15, 0.2) is 0 Å². The zero-order valence-corrected chi connectivity index (χ0v) is 22.6. The highest BCUT2D eigenvalue weighted by molar-refractivity contribution is 7.21. The lowest BCUT2D eigenvalue weighted by atomic mass is 10.2. The minimum Gasteiger partial charge on any atom is -0.488 e. The summed E-state index contributed by atoms with van der Waals surface area (Å²) < 4.78 is 12.3. The molecule has 1 amide bonds. The first-order valence-corrected chi connectivity index (χ1v) is 13.3. The van der Waals surface area contributed by atoms with Crippen LogP contribution in [0.25, 0.3) is 10.1 Å². The SMILES string of the molecule is O=C(N/N=C/c1cccc(OC(=O)c2sc3ccccc3c2Cl)c1)c1ccccc1OCc1ccc(Cl)cc1. The molecule has 1 aromatic heterocycles. The van der Waals surface area contributed by atoms with Gasteiger partial charge in [0, 0.05) is 15.1 Å². The van der Waals surface area contributed by atoms with Crippen LogP contribution in [0.4, 0.5) is 0 Å². The van der Waals surface area contributed by atoms with Crippen LogP contribution in [0.2, 0.25) is 10.0 Å². The molecule has 0 saturated carbocycles. The van der Waals surface area contributed by atoms with E-state index in [0.29, 0.717) is 37.5 Å². The van der Waals surface area contributed by atoms with Crippen molar-refractivity contribution in [3.63, 3.8) is 0 Å². The summed E-state index contributed by atoms with van der Waals surface area (Å²) in [4.78, 5) is 25.9. The Morgan fingerprint density at radius 3 is 2.49 bits per heavy atom. The molecule has 194 valence electrons. The van der Waals surface area contributed by atoms with Crippen LogP contribution in [0.5, 0.6) is 11.5 Å². The first-order valence-electron chi connectivity index (χ1n) is 11.8. The molecule has 0 aliphatic carbocycles. The minimum atomic E-state index is -0.543. The van der Waals surface area contributed by atoms with Crippen molar-refractivity contribution in [3.8, 4) is 11.5 Å². The second kappa shape index (κ2) is 12.1. The van der Waals surface area contributed by atoms with Crippen LogP contribution < -0.4 is 14.9 Å². The topological polar surface area (TPSA) is 77.0 Å². The van der Waals surface area contributed by atoms with E-state index in [2.05, 4.69) is 10.5 Å². The fourth-order valence-corrected chi connectivity index (χ4v) is 5.22. The molecule has 9 heteroatoms. The van der Waals surface area contributed by atoms with E-state index in [4.69, 9.17) is 32.7 Å². The maximum Gasteiger partial charge on any atom is 0.355 e. The summed E-state index contributed by atoms with van der Waals surface area (Å²) in [6, 6.07) is 28.5. The van der Waals surface area contributed by atoms with Gasteiger partial charge >= 0.3 is 5.97 Å². The molecule has 0 aliphatic heterocycles. The predicted molar refractivity (Wildman–Crippen MR) is 156 cm³/mol. The predicted octanol–water partition coefficient (Wildman–Crippen LogP) is 7.77. The van der Waals surface area contributed by atoms with Crippen molar-refractivity contribution in [2.45, 2.75) is 6.61 Å².